The van der Waals surface area contributed by atoms with E-state index in [0.29, 0.717) is 6.54 Å². The van der Waals surface area contributed by atoms with Crippen molar-refractivity contribution in [3.63, 3.8) is 0 Å². The van der Waals surface area contributed by atoms with Crippen LogP contribution in [0.3, 0.4) is 0 Å². The van der Waals surface area contributed by atoms with Gasteiger partial charge in [-0.25, -0.2) is 4.79 Å². The summed E-state index contributed by atoms with van der Waals surface area (Å²) in [7, 11) is 0. The summed E-state index contributed by atoms with van der Waals surface area (Å²) in [4.78, 5) is 25.5. The summed E-state index contributed by atoms with van der Waals surface area (Å²) in [6.45, 7) is 9.56. The smallest absolute Gasteiger partial charge is 0.407 e. The molecule has 2 aromatic carbocycles. The van der Waals surface area contributed by atoms with Gasteiger partial charge >= 0.3 is 6.09 Å². The molecule has 2 rings (SSSR count). The van der Waals surface area contributed by atoms with Gasteiger partial charge in [-0.1, -0.05) is 60.7 Å². The number of rotatable bonds is 8. The van der Waals surface area contributed by atoms with Crippen molar-refractivity contribution in [1.29, 1.82) is 0 Å². The molecule has 31 heavy (non-hydrogen) atoms. The third kappa shape index (κ3) is 7.03. The normalized spacial score (nSPS) is 14.4. The number of amides is 2. The van der Waals surface area contributed by atoms with Crippen LogP contribution in [0.4, 0.5) is 4.79 Å². The lowest BCUT2D eigenvalue weighted by Gasteiger charge is -2.34. The zero-order chi connectivity index (χ0) is 23.1. The molecule has 0 bridgehead atoms. The van der Waals surface area contributed by atoms with Crippen LogP contribution in [0.5, 0.6) is 0 Å². The summed E-state index contributed by atoms with van der Waals surface area (Å²) in [6, 6.07) is 19.9. The molecule has 0 saturated heterocycles. The van der Waals surface area contributed by atoms with Crippen molar-refractivity contribution in [2.24, 2.45) is 0 Å². The number of thioether (sulfide) groups is 1. The first-order valence-electron chi connectivity index (χ1n) is 10.5. The minimum atomic E-state index is -0.852. The lowest BCUT2D eigenvalue weighted by atomic mass is 9.91. The molecule has 0 saturated carbocycles. The highest BCUT2D eigenvalue weighted by molar-refractivity contribution is 8.00. The number of hydrogen-bond acceptors (Lipinski definition) is 4. The topological polar surface area (TPSA) is 67.4 Å². The molecule has 0 aliphatic rings. The Bertz CT molecular complexity index is 813. The first kappa shape index (κ1) is 24.8. The molecule has 2 amide bonds. The second-order valence-electron chi connectivity index (χ2n) is 8.76. The van der Waals surface area contributed by atoms with Gasteiger partial charge in [-0.3, -0.25) is 4.79 Å². The number of ether oxygens (including phenoxy) is 1. The van der Waals surface area contributed by atoms with Gasteiger partial charge in [0.1, 0.15) is 10.3 Å². The summed E-state index contributed by atoms with van der Waals surface area (Å²) in [5.41, 5.74) is 1.68. The molecule has 0 heterocycles. The first-order valence-corrected chi connectivity index (χ1v) is 11.7. The summed E-state index contributed by atoms with van der Waals surface area (Å²) in [6.07, 6.45) is 1.35. The maximum atomic E-state index is 13.2. The zero-order valence-electron chi connectivity index (χ0n) is 19.3. The Labute approximate surface area is 190 Å². The second-order valence-corrected chi connectivity index (χ2v) is 10.0. The summed E-state index contributed by atoms with van der Waals surface area (Å²) in [5.74, 6) is -0.0907. The van der Waals surface area contributed by atoms with Crippen molar-refractivity contribution in [2.75, 3.05) is 12.8 Å². The molecule has 0 aliphatic heterocycles. The molecule has 0 spiro atoms. The molecular formula is C25H34N2O3S. The molecule has 6 heteroatoms. The molecular weight excluding hydrogens is 408 g/mol. The van der Waals surface area contributed by atoms with E-state index in [1.165, 1.54) is 11.8 Å². The summed E-state index contributed by atoms with van der Waals surface area (Å²) >= 11 is 1.41. The van der Waals surface area contributed by atoms with E-state index in [1.54, 1.807) is 0 Å². The van der Waals surface area contributed by atoms with Crippen LogP contribution in [-0.4, -0.2) is 41.2 Å². The van der Waals surface area contributed by atoms with Gasteiger partial charge in [0.15, 0.2) is 0 Å². The quantitative estimate of drug-likeness (QED) is 0.606. The summed E-state index contributed by atoms with van der Waals surface area (Å²) in [5, 5.41) is 5.94. The van der Waals surface area contributed by atoms with E-state index < -0.39 is 22.5 Å². The van der Waals surface area contributed by atoms with E-state index in [2.05, 4.69) is 34.9 Å². The van der Waals surface area contributed by atoms with Crippen LogP contribution in [0.15, 0.2) is 60.7 Å². The highest BCUT2D eigenvalue weighted by Crippen LogP contribution is 2.29. The number of benzene rings is 2. The minimum Gasteiger partial charge on any atom is -0.444 e. The van der Waals surface area contributed by atoms with Crippen LogP contribution >= 0.6 is 11.8 Å². The molecule has 0 radical (unpaired) electrons. The fourth-order valence-corrected chi connectivity index (χ4v) is 3.93. The highest BCUT2D eigenvalue weighted by Gasteiger charge is 2.40. The predicted molar refractivity (Wildman–Crippen MR) is 128 cm³/mol. The van der Waals surface area contributed by atoms with Crippen LogP contribution < -0.4 is 10.6 Å². The molecule has 0 aliphatic carbocycles. The second kappa shape index (κ2) is 10.7. The molecule has 168 valence electrons. The Hall–Kier alpha value is -2.47. The van der Waals surface area contributed by atoms with Crippen molar-refractivity contribution < 1.29 is 14.3 Å². The van der Waals surface area contributed by atoms with Crippen LogP contribution in [0, 0.1) is 0 Å². The van der Waals surface area contributed by atoms with E-state index in [-0.39, 0.29) is 11.8 Å². The van der Waals surface area contributed by atoms with Crippen molar-refractivity contribution in [3.8, 4) is 0 Å². The van der Waals surface area contributed by atoms with Crippen LogP contribution in [-0.2, 0) is 9.53 Å². The van der Waals surface area contributed by atoms with Gasteiger partial charge in [0.05, 0.1) is 6.04 Å². The fraction of sp³-hybridized carbons (Fsp3) is 0.440. The number of nitrogens with one attached hydrogen (secondary N) is 2. The molecule has 0 aromatic heterocycles. The number of carbonyl (C=O) groups is 2. The monoisotopic (exact) mass is 442 g/mol. The lowest BCUT2D eigenvalue weighted by Crippen LogP contribution is -2.56. The average Bonchev–Trinajstić information content (AvgIpc) is 2.73. The van der Waals surface area contributed by atoms with Gasteiger partial charge in [0.2, 0.25) is 5.91 Å². The Kier molecular flexibility index (Phi) is 8.57. The summed E-state index contributed by atoms with van der Waals surface area (Å²) < 4.78 is 4.50. The molecule has 2 atom stereocenters. The van der Waals surface area contributed by atoms with E-state index in [4.69, 9.17) is 4.74 Å². The standard InChI is InChI=1S/C25H34N2O3S/c1-18(27-23(29)30-24(2,3)4)25(5,31-6)22(28)26-17-21(19-13-9-7-10-14-19)20-15-11-8-12-16-20/h7-16,18,21H,17H2,1-6H3,(H,26,28)(H,27,29). The number of alkyl carbamates (subject to hydrolysis) is 1. The SMILES string of the molecule is CSC(C)(C(=O)NCC(c1ccccc1)c1ccccc1)C(C)NC(=O)OC(C)(C)C. The van der Waals surface area contributed by atoms with Gasteiger partial charge in [-0.2, -0.15) is 0 Å². The molecule has 2 unspecified atom stereocenters. The van der Waals surface area contributed by atoms with Crippen molar-refractivity contribution in [2.45, 2.75) is 56.9 Å². The van der Waals surface area contributed by atoms with Gasteiger partial charge in [-0.05, 0) is 52.0 Å². The van der Waals surface area contributed by atoms with Crippen LogP contribution in [0.25, 0.3) is 0 Å². The Morgan fingerprint density at radius 1 is 0.935 bits per heavy atom. The number of hydrogen-bond donors (Lipinski definition) is 2. The molecule has 2 aromatic rings. The molecule has 2 N–H and O–H groups in total. The zero-order valence-corrected chi connectivity index (χ0v) is 20.1. The van der Waals surface area contributed by atoms with Crippen molar-refractivity contribution >= 4 is 23.8 Å². The fourth-order valence-electron chi connectivity index (χ4n) is 3.26. The number of carbonyl (C=O) groups excluding carboxylic acids is 2. The molecule has 0 fully saturated rings. The van der Waals surface area contributed by atoms with Crippen LogP contribution in [0.1, 0.15) is 51.7 Å². The van der Waals surface area contributed by atoms with Gasteiger partial charge < -0.3 is 15.4 Å². The maximum Gasteiger partial charge on any atom is 0.407 e. The average molecular weight is 443 g/mol. The van der Waals surface area contributed by atoms with E-state index in [9.17, 15) is 9.59 Å². The largest absolute Gasteiger partial charge is 0.444 e. The predicted octanol–water partition coefficient (Wildman–Crippen LogP) is 4.97. The first-order chi connectivity index (χ1) is 14.6. The minimum absolute atomic E-state index is 0.0339. The van der Waals surface area contributed by atoms with E-state index in [1.807, 2.05) is 77.3 Å². The van der Waals surface area contributed by atoms with Gasteiger partial charge in [0, 0.05) is 12.5 Å². The Morgan fingerprint density at radius 3 is 1.84 bits per heavy atom. The van der Waals surface area contributed by atoms with E-state index in [0.717, 1.165) is 11.1 Å². The maximum absolute atomic E-state index is 13.2. The van der Waals surface area contributed by atoms with Crippen molar-refractivity contribution in [1.82, 2.24) is 10.6 Å². The van der Waals surface area contributed by atoms with E-state index >= 15 is 0 Å². The highest BCUT2D eigenvalue weighted by atomic mass is 32.2. The lowest BCUT2D eigenvalue weighted by molar-refractivity contribution is -0.123. The Morgan fingerprint density at radius 2 is 1.42 bits per heavy atom. The van der Waals surface area contributed by atoms with Crippen LogP contribution in [0.2, 0.25) is 0 Å². The Balaban J connectivity index is 2.13. The molecule has 5 nitrogen and oxygen atoms in total. The van der Waals surface area contributed by atoms with Gasteiger partial charge in [-0.15, -0.1) is 11.8 Å². The van der Waals surface area contributed by atoms with Crippen molar-refractivity contribution in [3.05, 3.63) is 71.8 Å². The third-order valence-electron chi connectivity index (χ3n) is 5.31. The van der Waals surface area contributed by atoms with Gasteiger partial charge in [0.25, 0.3) is 0 Å². The third-order valence-corrected chi connectivity index (χ3v) is 6.69.